The maximum absolute atomic E-state index is 12.3. The monoisotopic (exact) mass is 340 g/mol. The van der Waals surface area contributed by atoms with E-state index in [0.29, 0.717) is 10.5 Å². The number of hydrogen-bond acceptors (Lipinski definition) is 9. The molecule has 0 spiro atoms. The molecule has 3 rings (SSSR count). The van der Waals surface area contributed by atoms with Gasteiger partial charge in [-0.2, -0.15) is 0 Å². The van der Waals surface area contributed by atoms with E-state index in [4.69, 9.17) is 10.5 Å². The lowest BCUT2D eigenvalue weighted by Gasteiger charge is -2.19. The smallest absolute Gasteiger partial charge is 0.254 e. The maximum atomic E-state index is 12.3. The number of ether oxygens (including phenoxy) is 1. The van der Waals surface area contributed by atoms with Crippen molar-refractivity contribution in [2.45, 2.75) is 29.7 Å². The van der Waals surface area contributed by atoms with Crippen molar-refractivity contribution in [3.8, 4) is 0 Å². The Balaban J connectivity index is 2.23. The average molecular weight is 340 g/mol. The van der Waals surface area contributed by atoms with Gasteiger partial charge in [0.2, 0.25) is 0 Å². The van der Waals surface area contributed by atoms with Gasteiger partial charge in [0.15, 0.2) is 17.0 Å². The molecule has 10 heteroatoms. The molecule has 1 saturated heterocycles. The van der Waals surface area contributed by atoms with Crippen LogP contribution in [0, 0.1) is 0 Å². The summed E-state index contributed by atoms with van der Waals surface area (Å²) in [4.78, 5) is 20.7. The molecule has 5 N–H and O–H groups in total. The van der Waals surface area contributed by atoms with Gasteiger partial charge in [0, 0.05) is 6.07 Å². The zero-order chi connectivity index (χ0) is 16.7. The number of pyridine rings is 1. The van der Waals surface area contributed by atoms with E-state index in [9.17, 15) is 20.1 Å². The number of nitrogens with zero attached hydrogens (tertiary/aromatic N) is 3. The van der Waals surface area contributed by atoms with Crippen molar-refractivity contribution in [1.82, 2.24) is 14.5 Å². The normalized spacial score (nSPS) is 27.7. The van der Waals surface area contributed by atoms with Gasteiger partial charge >= 0.3 is 0 Å². The molecular formula is C13H16N4O5S. The number of aliphatic hydroxyl groups is 3. The first kappa shape index (κ1) is 16.1. The van der Waals surface area contributed by atoms with Crippen LogP contribution in [0.15, 0.2) is 22.1 Å². The molecule has 4 atom stereocenters. The summed E-state index contributed by atoms with van der Waals surface area (Å²) in [6, 6.07) is 2.75. The van der Waals surface area contributed by atoms with Crippen molar-refractivity contribution in [2.75, 3.05) is 18.6 Å². The second kappa shape index (κ2) is 6.06. The fraction of sp³-hybridized carbons (Fsp3) is 0.462. The van der Waals surface area contributed by atoms with Crippen LogP contribution in [0.3, 0.4) is 0 Å². The molecule has 2 aromatic rings. The quantitative estimate of drug-likeness (QED) is 0.396. The molecular weight excluding hydrogens is 324 g/mol. The van der Waals surface area contributed by atoms with E-state index in [-0.39, 0.29) is 11.5 Å². The number of nitrogens with two attached hydrogens (primary N) is 1. The van der Waals surface area contributed by atoms with Crippen molar-refractivity contribution in [1.29, 1.82) is 0 Å². The molecule has 2 unspecified atom stereocenters. The topological polar surface area (TPSA) is 144 Å². The van der Waals surface area contributed by atoms with Gasteiger partial charge in [-0.25, -0.2) is 9.97 Å². The second-order valence-corrected chi connectivity index (χ2v) is 5.88. The number of rotatable bonds is 3. The number of aromatic nitrogens is 3. The predicted octanol–water partition coefficient (Wildman–Crippen LogP) is -1.29. The van der Waals surface area contributed by atoms with Crippen molar-refractivity contribution in [2.24, 2.45) is 0 Å². The van der Waals surface area contributed by atoms with Crippen molar-refractivity contribution in [3.05, 3.63) is 22.5 Å². The standard InChI is InChI=1S/C13H16N4O5S/c1-23-13-15-10(14)5-2-3-7(19)17(11(5)16-13)12-9(21)8(20)6(4-18)22-12/h2-3,6,8-9,12,18,20-21H,4H2,1H3,(H2,14,15,16)/t6?,8-,9-,12?/m1/s1. The van der Waals surface area contributed by atoms with Crippen molar-refractivity contribution >= 4 is 28.6 Å². The van der Waals surface area contributed by atoms with Gasteiger partial charge in [0.25, 0.3) is 5.56 Å². The van der Waals surface area contributed by atoms with Crippen LogP contribution in [0.5, 0.6) is 0 Å². The summed E-state index contributed by atoms with van der Waals surface area (Å²) in [6.07, 6.45) is -3.10. The van der Waals surface area contributed by atoms with Gasteiger partial charge in [0.05, 0.1) is 12.0 Å². The number of fused-ring (bicyclic) bond motifs is 1. The molecule has 3 heterocycles. The molecule has 23 heavy (non-hydrogen) atoms. The Morgan fingerprint density at radius 3 is 2.70 bits per heavy atom. The zero-order valence-corrected chi connectivity index (χ0v) is 13.0. The Morgan fingerprint density at radius 1 is 1.35 bits per heavy atom. The van der Waals surface area contributed by atoms with Crippen LogP contribution in [-0.2, 0) is 4.74 Å². The number of aliphatic hydroxyl groups excluding tert-OH is 3. The summed E-state index contributed by atoms with van der Waals surface area (Å²) in [6.45, 7) is -0.485. The molecule has 2 aromatic heterocycles. The van der Waals surface area contributed by atoms with Gasteiger partial charge in [-0.3, -0.25) is 9.36 Å². The highest BCUT2D eigenvalue weighted by molar-refractivity contribution is 7.98. The third kappa shape index (κ3) is 2.58. The van der Waals surface area contributed by atoms with Crippen LogP contribution in [0.1, 0.15) is 6.23 Å². The summed E-state index contributed by atoms with van der Waals surface area (Å²) in [5.41, 5.74) is 5.62. The molecule has 0 radical (unpaired) electrons. The Hall–Kier alpha value is -1.72. The minimum Gasteiger partial charge on any atom is -0.394 e. The number of hydrogen-bond donors (Lipinski definition) is 4. The highest BCUT2D eigenvalue weighted by Crippen LogP contribution is 2.31. The van der Waals surface area contributed by atoms with E-state index >= 15 is 0 Å². The third-order valence-corrected chi connectivity index (χ3v) is 4.29. The van der Waals surface area contributed by atoms with E-state index in [0.717, 1.165) is 4.57 Å². The molecule has 1 aliphatic rings. The van der Waals surface area contributed by atoms with Crippen LogP contribution in [-0.4, -0.2) is 61.0 Å². The third-order valence-electron chi connectivity index (χ3n) is 3.75. The first-order chi connectivity index (χ1) is 11.0. The first-order valence-electron chi connectivity index (χ1n) is 6.83. The SMILES string of the molecule is CSc1nc(N)c2ccc(=O)n(C3OC(CO)[C@@H](O)[C@H]3O)c2n1. The Morgan fingerprint density at radius 2 is 2.09 bits per heavy atom. The van der Waals surface area contributed by atoms with Gasteiger partial charge in [-0.05, 0) is 12.3 Å². The van der Waals surface area contributed by atoms with Gasteiger partial charge in [0.1, 0.15) is 24.1 Å². The average Bonchev–Trinajstić information content (AvgIpc) is 2.82. The Bertz CT molecular complexity index is 798. The highest BCUT2D eigenvalue weighted by Gasteiger charge is 2.44. The van der Waals surface area contributed by atoms with E-state index in [1.165, 1.54) is 23.9 Å². The minimum absolute atomic E-state index is 0.194. The van der Waals surface area contributed by atoms with Crippen LogP contribution in [0.4, 0.5) is 5.82 Å². The van der Waals surface area contributed by atoms with E-state index in [1.54, 1.807) is 6.26 Å². The van der Waals surface area contributed by atoms with Gasteiger partial charge in [-0.1, -0.05) is 11.8 Å². The van der Waals surface area contributed by atoms with Crippen LogP contribution in [0.25, 0.3) is 11.0 Å². The molecule has 1 fully saturated rings. The van der Waals surface area contributed by atoms with Crippen LogP contribution < -0.4 is 11.3 Å². The lowest BCUT2D eigenvalue weighted by Crippen LogP contribution is -2.35. The second-order valence-electron chi connectivity index (χ2n) is 5.10. The molecule has 9 nitrogen and oxygen atoms in total. The summed E-state index contributed by atoms with van der Waals surface area (Å²) >= 11 is 1.25. The molecule has 0 amide bonds. The molecule has 0 saturated carbocycles. The first-order valence-corrected chi connectivity index (χ1v) is 8.05. The summed E-state index contributed by atoms with van der Waals surface area (Å²) in [7, 11) is 0. The fourth-order valence-corrected chi connectivity index (χ4v) is 2.93. The zero-order valence-electron chi connectivity index (χ0n) is 12.2. The summed E-state index contributed by atoms with van der Waals surface area (Å²) < 4.78 is 6.55. The lowest BCUT2D eigenvalue weighted by molar-refractivity contribution is -0.0524. The van der Waals surface area contributed by atoms with E-state index in [1.807, 2.05) is 0 Å². The number of anilines is 1. The molecule has 0 bridgehead atoms. The molecule has 1 aliphatic heterocycles. The van der Waals surface area contributed by atoms with Gasteiger partial charge in [-0.15, -0.1) is 0 Å². The van der Waals surface area contributed by atoms with E-state index in [2.05, 4.69) is 9.97 Å². The Labute approximate surface area is 134 Å². The Kier molecular flexibility index (Phi) is 4.25. The maximum Gasteiger partial charge on any atom is 0.254 e. The molecule has 124 valence electrons. The number of thioether (sulfide) groups is 1. The predicted molar refractivity (Wildman–Crippen MR) is 83.0 cm³/mol. The highest BCUT2D eigenvalue weighted by atomic mass is 32.2. The summed E-state index contributed by atoms with van der Waals surface area (Å²) in [5, 5.41) is 30.1. The van der Waals surface area contributed by atoms with Gasteiger partial charge < -0.3 is 25.8 Å². The lowest BCUT2D eigenvalue weighted by atomic mass is 10.1. The molecule has 0 aromatic carbocycles. The fourth-order valence-electron chi connectivity index (χ4n) is 2.57. The van der Waals surface area contributed by atoms with Crippen LogP contribution in [0.2, 0.25) is 0 Å². The summed E-state index contributed by atoms with van der Waals surface area (Å²) in [5.74, 6) is 0.194. The minimum atomic E-state index is -1.38. The van der Waals surface area contributed by atoms with Crippen LogP contribution >= 0.6 is 11.8 Å². The van der Waals surface area contributed by atoms with Crippen molar-refractivity contribution < 1.29 is 20.1 Å². The molecule has 0 aliphatic carbocycles. The number of nitrogen functional groups attached to an aromatic ring is 1. The van der Waals surface area contributed by atoms with Crippen molar-refractivity contribution in [3.63, 3.8) is 0 Å². The largest absolute Gasteiger partial charge is 0.394 e. The van der Waals surface area contributed by atoms with E-state index < -0.39 is 36.7 Å².